The Morgan fingerprint density at radius 3 is 2.67 bits per heavy atom. The van der Waals surface area contributed by atoms with Crippen LogP contribution in [0.25, 0.3) is 0 Å². The van der Waals surface area contributed by atoms with E-state index in [1.165, 1.54) is 57.8 Å². The molecular weight excluding hydrogens is 372 g/mol. The Hall–Kier alpha value is -1.81. The van der Waals surface area contributed by atoms with Crippen molar-refractivity contribution in [3.05, 3.63) is 41.5 Å². The molecule has 160 valence electrons. The maximum atomic E-state index is 11.7. The zero-order chi connectivity index (χ0) is 20.3. The summed E-state index contributed by atoms with van der Waals surface area (Å²) in [6.07, 6.45) is 17.3. The number of piperidine rings is 2. The number of rotatable bonds is 4. The Bertz CT molecular complexity index is 866. The van der Waals surface area contributed by atoms with Gasteiger partial charge in [-0.05, 0) is 88.2 Å². The topological polar surface area (TPSA) is 52.6 Å². The number of benzene rings is 1. The number of anilines is 1. The molecule has 2 saturated carbocycles. The summed E-state index contributed by atoms with van der Waals surface area (Å²) in [7, 11) is 0. The highest BCUT2D eigenvalue weighted by Crippen LogP contribution is 2.55. The van der Waals surface area contributed by atoms with Crippen LogP contribution in [0, 0.1) is 11.8 Å². The van der Waals surface area contributed by atoms with E-state index in [9.17, 15) is 9.90 Å². The smallest absolute Gasteiger partial charge is 0.337 e. The van der Waals surface area contributed by atoms with Gasteiger partial charge in [-0.1, -0.05) is 30.2 Å². The lowest BCUT2D eigenvalue weighted by molar-refractivity contribution is -0.0896. The van der Waals surface area contributed by atoms with E-state index in [4.69, 9.17) is 0 Å². The summed E-state index contributed by atoms with van der Waals surface area (Å²) in [6, 6.07) is 9.11. The standard InChI is InChI=1S/C26H34N2O2/c29-25(30)23-6-1-2-7-24(23)27-20-13-21-4-3-5-22(14-20)28(21)26-9-8-17-10-18(15-26)12-19(11-17)16-26/h1-2,6-7,10,18-22,27H,3-5,8-9,11-16H2,(H,29,30). The molecule has 30 heavy (non-hydrogen) atoms. The van der Waals surface area contributed by atoms with Crippen molar-refractivity contribution in [2.24, 2.45) is 11.8 Å². The van der Waals surface area contributed by atoms with E-state index in [-0.39, 0.29) is 0 Å². The second kappa shape index (κ2) is 7.12. The summed E-state index contributed by atoms with van der Waals surface area (Å²) in [5.41, 5.74) is 3.39. The second-order valence-corrected chi connectivity index (χ2v) is 10.8. The van der Waals surface area contributed by atoms with Crippen molar-refractivity contribution in [3.63, 3.8) is 0 Å². The average molecular weight is 407 g/mol. The number of fused-ring (bicyclic) bond motifs is 3. The Morgan fingerprint density at radius 2 is 1.90 bits per heavy atom. The van der Waals surface area contributed by atoms with Crippen molar-refractivity contribution in [1.29, 1.82) is 0 Å². The molecule has 4 fully saturated rings. The zero-order valence-electron chi connectivity index (χ0n) is 17.9. The molecule has 6 bridgehead atoms. The molecule has 0 radical (unpaired) electrons. The van der Waals surface area contributed by atoms with Crippen LogP contribution in [0.5, 0.6) is 0 Å². The van der Waals surface area contributed by atoms with Gasteiger partial charge in [0.05, 0.1) is 5.56 Å². The molecule has 4 aliphatic carbocycles. The van der Waals surface area contributed by atoms with Crippen LogP contribution in [0.3, 0.4) is 0 Å². The number of nitrogens with one attached hydrogen (secondary N) is 1. The number of carboxylic acids is 1. The average Bonchev–Trinajstić information content (AvgIpc) is 2.91. The normalized spacial score (nSPS) is 40.0. The minimum atomic E-state index is -0.839. The number of aromatic carboxylic acids is 1. The van der Waals surface area contributed by atoms with Crippen LogP contribution in [0.15, 0.2) is 35.9 Å². The first-order valence-electron chi connectivity index (χ1n) is 12.2. The monoisotopic (exact) mass is 406 g/mol. The van der Waals surface area contributed by atoms with E-state index >= 15 is 0 Å². The summed E-state index contributed by atoms with van der Waals surface area (Å²) in [4.78, 5) is 14.7. The second-order valence-electron chi connectivity index (χ2n) is 10.8. The maximum Gasteiger partial charge on any atom is 0.337 e. The SMILES string of the molecule is O=C(O)c1ccccc1NC1CC2CCCC(C1)N2C12CCC3=CC(CC(C3)C1)C2. The first-order chi connectivity index (χ1) is 14.6. The Labute approximate surface area is 179 Å². The number of nitrogens with zero attached hydrogens (tertiary/aromatic N) is 1. The Balaban J connectivity index is 1.25. The molecule has 5 atom stereocenters. The molecule has 2 N–H and O–H groups in total. The fraction of sp³-hybridized carbons (Fsp3) is 0.654. The summed E-state index contributed by atoms with van der Waals surface area (Å²) < 4.78 is 0. The van der Waals surface area contributed by atoms with Gasteiger partial charge in [-0.3, -0.25) is 4.90 Å². The van der Waals surface area contributed by atoms with Gasteiger partial charge < -0.3 is 10.4 Å². The first kappa shape index (κ1) is 18.9. The molecule has 0 aromatic heterocycles. The van der Waals surface area contributed by atoms with Gasteiger partial charge in [0.25, 0.3) is 0 Å². The molecule has 2 saturated heterocycles. The van der Waals surface area contributed by atoms with E-state index < -0.39 is 5.97 Å². The van der Waals surface area contributed by atoms with Gasteiger partial charge in [-0.15, -0.1) is 0 Å². The quantitative estimate of drug-likeness (QED) is 0.652. The van der Waals surface area contributed by atoms with Gasteiger partial charge in [0, 0.05) is 29.4 Å². The van der Waals surface area contributed by atoms with Crippen molar-refractivity contribution < 1.29 is 9.90 Å². The van der Waals surface area contributed by atoms with Gasteiger partial charge in [-0.25, -0.2) is 4.79 Å². The molecule has 4 heteroatoms. The lowest BCUT2D eigenvalue weighted by atomic mass is 9.64. The molecule has 0 spiro atoms. The molecule has 6 aliphatic rings. The van der Waals surface area contributed by atoms with Crippen molar-refractivity contribution in [2.75, 3.05) is 5.32 Å². The highest BCUT2D eigenvalue weighted by Gasteiger charge is 2.53. The molecule has 1 aromatic rings. The largest absolute Gasteiger partial charge is 0.478 e. The number of allylic oxidation sites excluding steroid dienone is 2. The number of carbonyl (C=O) groups is 1. The van der Waals surface area contributed by atoms with Gasteiger partial charge in [-0.2, -0.15) is 0 Å². The van der Waals surface area contributed by atoms with E-state index in [2.05, 4.69) is 16.3 Å². The van der Waals surface area contributed by atoms with Crippen LogP contribution >= 0.6 is 0 Å². The minimum absolute atomic E-state index is 0.383. The number of hydrogen-bond acceptors (Lipinski definition) is 3. The van der Waals surface area contributed by atoms with Gasteiger partial charge in [0.1, 0.15) is 0 Å². The molecule has 2 aliphatic heterocycles. The van der Waals surface area contributed by atoms with E-state index in [1.54, 1.807) is 11.6 Å². The molecule has 4 nitrogen and oxygen atoms in total. The fourth-order valence-electron chi connectivity index (χ4n) is 8.17. The Kier molecular flexibility index (Phi) is 4.49. The third-order valence-corrected chi connectivity index (χ3v) is 8.92. The van der Waals surface area contributed by atoms with Crippen molar-refractivity contribution in [2.45, 2.75) is 94.3 Å². The summed E-state index contributed by atoms with van der Waals surface area (Å²) in [5.74, 6) is 0.911. The summed E-state index contributed by atoms with van der Waals surface area (Å²) in [5, 5.41) is 13.2. The third kappa shape index (κ3) is 3.10. The maximum absolute atomic E-state index is 11.7. The molecule has 0 amide bonds. The molecule has 2 heterocycles. The number of carboxylic acid groups (broad SMARTS) is 1. The van der Waals surface area contributed by atoms with Gasteiger partial charge in [0.2, 0.25) is 0 Å². The predicted molar refractivity (Wildman–Crippen MR) is 119 cm³/mol. The van der Waals surface area contributed by atoms with Crippen molar-refractivity contribution in [3.8, 4) is 0 Å². The third-order valence-electron chi connectivity index (χ3n) is 8.92. The lowest BCUT2D eigenvalue weighted by Gasteiger charge is -2.60. The van der Waals surface area contributed by atoms with Crippen LogP contribution in [0.1, 0.15) is 81.0 Å². The minimum Gasteiger partial charge on any atom is -0.478 e. The van der Waals surface area contributed by atoms with Crippen LogP contribution in [0.4, 0.5) is 5.69 Å². The zero-order valence-corrected chi connectivity index (χ0v) is 17.9. The fourth-order valence-corrected chi connectivity index (χ4v) is 8.17. The number of para-hydroxylation sites is 1. The van der Waals surface area contributed by atoms with Crippen LogP contribution in [-0.2, 0) is 0 Å². The van der Waals surface area contributed by atoms with E-state index in [1.807, 2.05) is 18.2 Å². The van der Waals surface area contributed by atoms with Crippen LogP contribution in [0.2, 0.25) is 0 Å². The number of hydrogen-bond donors (Lipinski definition) is 2. The Morgan fingerprint density at radius 1 is 1.10 bits per heavy atom. The predicted octanol–water partition coefficient (Wildman–Crippen LogP) is 5.46. The summed E-state index contributed by atoms with van der Waals surface area (Å²) >= 11 is 0. The van der Waals surface area contributed by atoms with Crippen molar-refractivity contribution >= 4 is 11.7 Å². The molecular formula is C26H34N2O2. The van der Waals surface area contributed by atoms with Gasteiger partial charge >= 0.3 is 5.97 Å². The summed E-state index contributed by atoms with van der Waals surface area (Å²) in [6.45, 7) is 0. The lowest BCUT2D eigenvalue weighted by Crippen LogP contribution is -2.65. The van der Waals surface area contributed by atoms with Crippen molar-refractivity contribution in [1.82, 2.24) is 4.90 Å². The van der Waals surface area contributed by atoms with Gasteiger partial charge in [0.15, 0.2) is 0 Å². The van der Waals surface area contributed by atoms with E-state index in [0.29, 0.717) is 29.2 Å². The van der Waals surface area contributed by atoms with Crippen LogP contribution < -0.4 is 5.32 Å². The van der Waals surface area contributed by atoms with E-state index in [0.717, 1.165) is 30.4 Å². The van der Waals surface area contributed by atoms with Crippen LogP contribution in [-0.4, -0.2) is 39.6 Å². The first-order valence-corrected chi connectivity index (χ1v) is 12.2. The molecule has 1 aromatic carbocycles. The molecule has 7 rings (SSSR count). The highest BCUT2D eigenvalue weighted by atomic mass is 16.4. The highest BCUT2D eigenvalue weighted by molar-refractivity contribution is 5.94. The molecule has 5 unspecified atom stereocenters.